The number of methoxy groups -OCH3 is 1. The smallest absolute Gasteiger partial charge is 0.225 e. The van der Waals surface area contributed by atoms with Crippen LogP contribution >= 0.6 is 11.5 Å². The maximum Gasteiger partial charge on any atom is 0.225 e. The molecule has 1 heterocycles. The molecule has 0 fully saturated rings. The summed E-state index contributed by atoms with van der Waals surface area (Å²) in [6, 6.07) is 1.73. The van der Waals surface area contributed by atoms with Crippen LogP contribution in [-0.2, 0) is 0 Å². The van der Waals surface area contributed by atoms with E-state index in [4.69, 9.17) is 9.84 Å². The van der Waals surface area contributed by atoms with Gasteiger partial charge in [-0.3, -0.25) is 0 Å². The van der Waals surface area contributed by atoms with E-state index in [9.17, 15) is 0 Å². The highest BCUT2D eigenvalue weighted by molar-refractivity contribution is 7.06. The monoisotopic (exact) mass is 159 g/mol. The molecule has 0 saturated carbocycles. The van der Waals surface area contributed by atoms with Gasteiger partial charge >= 0.3 is 0 Å². The van der Waals surface area contributed by atoms with Gasteiger partial charge in [-0.2, -0.15) is 4.37 Å². The molecule has 10 heavy (non-hydrogen) atoms. The molecule has 56 valence electrons. The number of hydrogen-bond donors (Lipinski definition) is 1. The zero-order valence-corrected chi connectivity index (χ0v) is 6.68. The number of nitrogens with zero attached hydrogens (tertiary/aromatic N) is 1. The van der Waals surface area contributed by atoms with E-state index >= 15 is 0 Å². The summed E-state index contributed by atoms with van der Waals surface area (Å²) in [4.78, 5) is 0.830. The molecule has 1 rings (SSSR count). The quantitative estimate of drug-likeness (QED) is 0.705. The molecule has 1 aromatic rings. The van der Waals surface area contributed by atoms with Crippen LogP contribution in [0, 0.1) is 0 Å². The van der Waals surface area contributed by atoms with Gasteiger partial charge in [0.25, 0.3) is 0 Å². The highest BCUT2D eigenvalue weighted by Gasteiger charge is 2.05. The first-order chi connectivity index (χ1) is 4.74. The molecule has 0 unspecified atom stereocenters. The van der Waals surface area contributed by atoms with E-state index < -0.39 is 6.10 Å². The molecular formula is C6H9NO2S. The molecule has 0 aromatic carbocycles. The SMILES string of the molecule is COc1cc([C@@H](C)O)sn1. The van der Waals surface area contributed by atoms with Gasteiger partial charge in [-0.15, -0.1) is 0 Å². The van der Waals surface area contributed by atoms with Crippen LogP contribution in [0.25, 0.3) is 0 Å². The molecule has 0 bridgehead atoms. The molecule has 0 saturated heterocycles. The molecule has 1 aromatic heterocycles. The fourth-order valence-electron chi connectivity index (χ4n) is 0.565. The van der Waals surface area contributed by atoms with Crippen LogP contribution in [0.4, 0.5) is 0 Å². The van der Waals surface area contributed by atoms with E-state index in [-0.39, 0.29) is 0 Å². The fourth-order valence-corrected chi connectivity index (χ4v) is 1.19. The average Bonchev–Trinajstić information content (AvgIpc) is 2.34. The van der Waals surface area contributed by atoms with Gasteiger partial charge in [0.1, 0.15) is 0 Å². The van der Waals surface area contributed by atoms with Crippen molar-refractivity contribution >= 4 is 11.5 Å². The van der Waals surface area contributed by atoms with Crippen LogP contribution in [0.2, 0.25) is 0 Å². The van der Waals surface area contributed by atoms with Crippen molar-refractivity contribution < 1.29 is 9.84 Å². The van der Waals surface area contributed by atoms with Gasteiger partial charge in [0.15, 0.2) is 0 Å². The molecule has 0 aliphatic rings. The minimum Gasteiger partial charge on any atom is -0.480 e. The summed E-state index contributed by atoms with van der Waals surface area (Å²) in [6.07, 6.45) is -0.443. The Morgan fingerprint density at radius 3 is 2.80 bits per heavy atom. The molecule has 0 amide bonds. The first-order valence-electron chi connectivity index (χ1n) is 2.92. The van der Waals surface area contributed by atoms with Crippen LogP contribution in [0.3, 0.4) is 0 Å². The van der Waals surface area contributed by atoms with E-state index in [1.165, 1.54) is 11.5 Å². The van der Waals surface area contributed by atoms with Gasteiger partial charge in [0.05, 0.1) is 18.1 Å². The number of aliphatic hydroxyl groups excluding tert-OH is 1. The third-order valence-corrected chi connectivity index (χ3v) is 2.07. The average molecular weight is 159 g/mol. The topological polar surface area (TPSA) is 42.4 Å². The summed E-state index contributed by atoms with van der Waals surface area (Å²) >= 11 is 1.26. The molecule has 1 N–H and O–H groups in total. The van der Waals surface area contributed by atoms with Crippen molar-refractivity contribution in [2.24, 2.45) is 0 Å². The van der Waals surface area contributed by atoms with E-state index in [2.05, 4.69) is 4.37 Å². The van der Waals surface area contributed by atoms with E-state index in [1.54, 1.807) is 20.1 Å². The summed E-state index contributed by atoms with van der Waals surface area (Å²) in [6.45, 7) is 1.70. The first-order valence-corrected chi connectivity index (χ1v) is 3.70. The third kappa shape index (κ3) is 1.46. The standard InChI is InChI=1S/C6H9NO2S/c1-4(8)5-3-6(9-2)7-10-5/h3-4,8H,1-2H3/t4-/m1/s1. The van der Waals surface area contributed by atoms with Crippen molar-refractivity contribution in [3.05, 3.63) is 10.9 Å². The van der Waals surface area contributed by atoms with Crippen molar-refractivity contribution in [2.75, 3.05) is 7.11 Å². The highest BCUT2D eigenvalue weighted by atomic mass is 32.1. The molecule has 0 spiro atoms. The zero-order chi connectivity index (χ0) is 7.56. The lowest BCUT2D eigenvalue weighted by atomic mass is 10.3. The predicted molar refractivity (Wildman–Crippen MR) is 39.3 cm³/mol. The Bertz CT molecular complexity index is 209. The molecule has 3 nitrogen and oxygen atoms in total. The molecule has 0 aliphatic carbocycles. The van der Waals surface area contributed by atoms with Gasteiger partial charge in [0.2, 0.25) is 5.88 Å². The van der Waals surface area contributed by atoms with Crippen LogP contribution in [0.1, 0.15) is 17.9 Å². The summed E-state index contributed by atoms with van der Waals surface area (Å²) in [5.74, 6) is 0.570. The molecule has 1 atom stereocenters. The number of rotatable bonds is 2. The summed E-state index contributed by atoms with van der Waals surface area (Å²) in [5.41, 5.74) is 0. The van der Waals surface area contributed by atoms with Gasteiger partial charge in [-0.1, -0.05) is 0 Å². The van der Waals surface area contributed by atoms with E-state index in [0.29, 0.717) is 5.88 Å². The van der Waals surface area contributed by atoms with Crippen LogP contribution in [0.15, 0.2) is 6.07 Å². The molecular weight excluding hydrogens is 150 g/mol. The van der Waals surface area contributed by atoms with Crippen molar-refractivity contribution in [3.8, 4) is 5.88 Å². The Morgan fingerprint density at radius 1 is 1.80 bits per heavy atom. The second kappa shape index (κ2) is 2.98. The van der Waals surface area contributed by atoms with Gasteiger partial charge in [-0.05, 0) is 18.5 Å². The maximum absolute atomic E-state index is 9.05. The number of aromatic nitrogens is 1. The predicted octanol–water partition coefficient (Wildman–Crippen LogP) is 1.20. The minimum absolute atomic E-state index is 0.443. The molecule has 0 radical (unpaired) electrons. The molecule has 4 heteroatoms. The second-order valence-corrected chi connectivity index (χ2v) is 2.78. The maximum atomic E-state index is 9.05. The zero-order valence-electron chi connectivity index (χ0n) is 5.87. The Kier molecular flexibility index (Phi) is 2.24. The lowest BCUT2D eigenvalue weighted by molar-refractivity contribution is 0.203. The molecule has 0 aliphatic heterocycles. The van der Waals surface area contributed by atoms with E-state index in [1.807, 2.05) is 0 Å². The number of hydrogen-bond acceptors (Lipinski definition) is 4. The second-order valence-electron chi connectivity index (χ2n) is 1.95. The largest absolute Gasteiger partial charge is 0.480 e. The Balaban J connectivity index is 2.78. The Hall–Kier alpha value is -0.610. The van der Waals surface area contributed by atoms with Crippen LogP contribution in [-0.4, -0.2) is 16.6 Å². The Morgan fingerprint density at radius 2 is 2.50 bits per heavy atom. The van der Waals surface area contributed by atoms with Crippen molar-refractivity contribution in [2.45, 2.75) is 13.0 Å². The lowest BCUT2D eigenvalue weighted by Crippen LogP contribution is -1.84. The van der Waals surface area contributed by atoms with Gasteiger partial charge < -0.3 is 9.84 Å². The van der Waals surface area contributed by atoms with Crippen molar-refractivity contribution in [1.82, 2.24) is 4.37 Å². The van der Waals surface area contributed by atoms with E-state index in [0.717, 1.165) is 4.88 Å². The van der Waals surface area contributed by atoms with Crippen molar-refractivity contribution in [3.63, 3.8) is 0 Å². The lowest BCUT2D eigenvalue weighted by Gasteiger charge is -1.94. The third-order valence-electron chi connectivity index (χ3n) is 1.13. The number of aliphatic hydroxyl groups is 1. The number of ether oxygens (including phenoxy) is 1. The first kappa shape index (κ1) is 7.50. The summed E-state index contributed by atoms with van der Waals surface area (Å²) < 4.78 is 8.75. The summed E-state index contributed by atoms with van der Waals surface area (Å²) in [5, 5.41) is 9.05. The Labute approximate surface area is 63.4 Å². The van der Waals surface area contributed by atoms with Crippen molar-refractivity contribution in [1.29, 1.82) is 0 Å². The van der Waals surface area contributed by atoms with Gasteiger partial charge in [-0.25, -0.2) is 0 Å². The van der Waals surface area contributed by atoms with Gasteiger partial charge in [0, 0.05) is 6.07 Å². The fraction of sp³-hybridized carbons (Fsp3) is 0.500. The minimum atomic E-state index is -0.443. The van der Waals surface area contributed by atoms with Crippen LogP contribution in [0.5, 0.6) is 5.88 Å². The summed E-state index contributed by atoms with van der Waals surface area (Å²) in [7, 11) is 1.56. The van der Waals surface area contributed by atoms with Crippen LogP contribution < -0.4 is 4.74 Å². The highest BCUT2D eigenvalue weighted by Crippen LogP contribution is 2.21. The normalized spacial score (nSPS) is 13.1.